The Morgan fingerprint density at radius 2 is 0.852 bits per heavy atom. The molecule has 0 aromatic heterocycles. The molecule has 2 saturated carbocycles. The van der Waals surface area contributed by atoms with Crippen molar-refractivity contribution in [3.8, 4) is 0 Å². The zero-order valence-corrected chi connectivity index (χ0v) is 21.3. The summed E-state index contributed by atoms with van der Waals surface area (Å²) in [5.41, 5.74) is 1.17. The predicted molar refractivity (Wildman–Crippen MR) is 122 cm³/mol. The molecule has 160 valence electrons. The average Bonchev–Trinajstić information content (AvgIpc) is 2.69. The van der Waals surface area contributed by atoms with Gasteiger partial charge in [0.15, 0.2) is 0 Å². The third kappa shape index (κ3) is 3.90. The van der Waals surface area contributed by atoms with Crippen molar-refractivity contribution in [3.63, 3.8) is 0 Å². The van der Waals surface area contributed by atoms with E-state index in [1.54, 1.807) is 0 Å². The van der Waals surface area contributed by atoms with Crippen LogP contribution in [0.4, 0.5) is 0 Å². The van der Waals surface area contributed by atoms with Crippen LogP contribution in [0.25, 0.3) is 0 Å². The Kier molecular flexibility index (Phi) is 6.08. The summed E-state index contributed by atoms with van der Waals surface area (Å²) in [6.07, 6.45) is 0. The monoisotopic (exact) mass is 376 g/mol. The molecular formula is C27H52. The van der Waals surface area contributed by atoms with Crippen molar-refractivity contribution in [3.05, 3.63) is 0 Å². The predicted octanol–water partition coefficient (Wildman–Crippen LogP) is 8.41. The molecule has 2 aliphatic rings. The highest BCUT2D eigenvalue weighted by molar-refractivity contribution is 5.11. The molecule has 2 rings (SSSR count). The lowest BCUT2D eigenvalue weighted by Gasteiger charge is -2.57. The Labute approximate surface area is 172 Å². The zero-order chi connectivity index (χ0) is 21.3. The molecule has 0 nitrogen and oxygen atoms in total. The van der Waals surface area contributed by atoms with Crippen molar-refractivity contribution in [2.75, 3.05) is 0 Å². The fourth-order valence-corrected chi connectivity index (χ4v) is 9.25. The van der Waals surface area contributed by atoms with E-state index >= 15 is 0 Å². The summed E-state index contributed by atoms with van der Waals surface area (Å²) in [7, 11) is 0. The Morgan fingerprint density at radius 3 is 1.19 bits per heavy atom. The fourth-order valence-electron chi connectivity index (χ4n) is 9.25. The van der Waals surface area contributed by atoms with Gasteiger partial charge < -0.3 is 0 Å². The molecule has 0 saturated heterocycles. The summed E-state index contributed by atoms with van der Waals surface area (Å²) in [6.45, 7) is 35.6. The minimum Gasteiger partial charge on any atom is -0.0625 e. The van der Waals surface area contributed by atoms with Crippen LogP contribution in [-0.2, 0) is 0 Å². The molecule has 0 aliphatic heterocycles. The van der Waals surface area contributed by atoms with Crippen molar-refractivity contribution in [2.45, 2.75) is 96.9 Å². The van der Waals surface area contributed by atoms with Gasteiger partial charge in [0.2, 0.25) is 0 Å². The Bertz CT molecular complexity index is 506. The van der Waals surface area contributed by atoms with Crippen molar-refractivity contribution in [1.82, 2.24) is 0 Å². The quantitative estimate of drug-likeness (QED) is 0.431. The first kappa shape index (κ1) is 23.3. The largest absolute Gasteiger partial charge is 0.0625 e. The number of hydrogen-bond donors (Lipinski definition) is 0. The second-order valence-electron chi connectivity index (χ2n) is 14.2. The van der Waals surface area contributed by atoms with Gasteiger partial charge in [-0.05, 0) is 75.4 Å². The zero-order valence-electron chi connectivity index (χ0n) is 21.3. The van der Waals surface area contributed by atoms with Gasteiger partial charge in [0.05, 0.1) is 0 Å². The summed E-state index contributed by atoms with van der Waals surface area (Å²) in [6, 6.07) is 0. The highest BCUT2D eigenvalue weighted by Gasteiger charge is 2.63. The highest BCUT2D eigenvalue weighted by Crippen LogP contribution is 2.68. The third-order valence-electron chi connectivity index (χ3n) is 8.97. The minimum absolute atomic E-state index is 0.390. The molecule has 0 heteroatoms. The van der Waals surface area contributed by atoms with Crippen LogP contribution in [0, 0.1) is 75.4 Å². The lowest BCUT2D eigenvalue weighted by atomic mass is 9.47. The van der Waals surface area contributed by atoms with Gasteiger partial charge in [0.25, 0.3) is 0 Å². The van der Waals surface area contributed by atoms with Gasteiger partial charge in [-0.15, -0.1) is 0 Å². The third-order valence-corrected chi connectivity index (χ3v) is 8.97. The van der Waals surface area contributed by atoms with E-state index < -0.39 is 0 Å². The Hall–Kier alpha value is 0. The van der Waals surface area contributed by atoms with Crippen LogP contribution in [0.2, 0.25) is 0 Å². The summed E-state index contributed by atoms with van der Waals surface area (Å²) in [5, 5.41) is 0. The first-order valence-electron chi connectivity index (χ1n) is 11.9. The van der Waals surface area contributed by atoms with Crippen LogP contribution >= 0.6 is 0 Å². The molecule has 0 aromatic carbocycles. The number of hydrogen-bond acceptors (Lipinski definition) is 0. The van der Waals surface area contributed by atoms with Crippen molar-refractivity contribution >= 4 is 0 Å². The van der Waals surface area contributed by atoms with Gasteiger partial charge in [-0.25, -0.2) is 0 Å². The van der Waals surface area contributed by atoms with E-state index in [2.05, 4.69) is 96.9 Å². The van der Waals surface area contributed by atoms with E-state index in [0.717, 1.165) is 59.2 Å². The molecule has 0 radical (unpaired) electrons. The molecule has 2 aliphatic carbocycles. The standard InChI is InChI=1S/C27H52/c1-15(2)19-16(3)22(25(6,7)8)17(4)20-21(19)24(27(12,13)14)18(5)23(20)26(9,10)11/h15-24H,1-14H3/t16-,17+,18-,19+,20-,21+,22-,23+,24-/m0/s1. The maximum Gasteiger partial charge on any atom is -0.0303 e. The van der Waals surface area contributed by atoms with Crippen LogP contribution in [-0.4, -0.2) is 0 Å². The maximum absolute atomic E-state index is 2.64. The molecule has 0 N–H and O–H groups in total. The lowest BCUT2D eigenvalue weighted by Crippen LogP contribution is -2.52. The van der Waals surface area contributed by atoms with Gasteiger partial charge in [0, 0.05) is 0 Å². The molecule has 2 fully saturated rings. The van der Waals surface area contributed by atoms with Crippen molar-refractivity contribution in [2.24, 2.45) is 75.4 Å². The molecule has 0 aromatic rings. The smallest absolute Gasteiger partial charge is 0.0303 e. The van der Waals surface area contributed by atoms with Gasteiger partial charge in [-0.1, -0.05) is 96.9 Å². The van der Waals surface area contributed by atoms with Gasteiger partial charge in [-0.2, -0.15) is 0 Å². The van der Waals surface area contributed by atoms with Crippen LogP contribution in [0.1, 0.15) is 96.9 Å². The lowest BCUT2D eigenvalue weighted by molar-refractivity contribution is -0.0974. The topological polar surface area (TPSA) is 0 Å². The SMILES string of the molecule is CC(C)[C@@H]1[C@H](C)[C@H](C(C)(C)C)[C@H](C)[C@H]2[C@@H]1[C@@H](C(C)(C)C)[C@@H](C)[C@H]2C(C)(C)C. The first-order chi connectivity index (χ1) is 11.9. The number of fused-ring (bicyclic) bond motifs is 1. The van der Waals surface area contributed by atoms with E-state index in [9.17, 15) is 0 Å². The molecule has 0 unspecified atom stereocenters. The summed E-state index contributed by atoms with van der Waals surface area (Å²) in [4.78, 5) is 0. The fraction of sp³-hybridized carbons (Fsp3) is 1.00. The summed E-state index contributed by atoms with van der Waals surface area (Å²) < 4.78 is 0. The number of rotatable bonds is 1. The molecule has 9 atom stereocenters. The van der Waals surface area contributed by atoms with E-state index in [0.29, 0.717) is 16.2 Å². The normalized spacial score (nSPS) is 43.9. The van der Waals surface area contributed by atoms with Crippen LogP contribution in [0.15, 0.2) is 0 Å². The second kappa shape index (κ2) is 7.05. The van der Waals surface area contributed by atoms with Gasteiger partial charge in [-0.3, -0.25) is 0 Å². The first-order valence-corrected chi connectivity index (χ1v) is 11.9. The molecule has 0 bridgehead atoms. The Morgan fingerprint density at radius 1 is 0.481 bits per heavy atom. The summed E-state index contributed by atoms with van der Waals surface area (Å²) in [5.74, 6) is 8.33. The van der Waals surface area contributed by atoms with E-state index in [1.165, 1.54) is 0 Å². The van der Waals surface area contributed by atoms with Crippen molar-refractivity contribution < 1.29 is 0 Å². The van der Waals surface area contributed by atoms with Crippen molar-refractivity contribution in [1.29, 1.82) is 0 Å². The van der Waals surface area contributed by atoms with Crippen LogP contribution < -0.4 is 0 Å². The minimum atomic E-state index is 0.390. The van der Waals surface area contributed by atoms with E-state index in [-0.39, 0.29) is 0 Å². The summed E-state index contributed by atoms with van der Waals surface area (Å²) >= 11 is 0. The second-order valence-corrected chi connectivity index (χ2v) is 14.2. The van der Waals surface area contributed by atoms with E-state index in [4.69, 9.17) is 0 Å². The highest BCUT2D eigenvalue weighted by atomic mass is 14.7. The average molecular weight is 377 g/mol. The van der Waals surface area contributed by atoms with E-state index in [1.807, 2.05) is 0 Å². The van der Waals surface area contributed by atoms with Gasteiger partial charge in [0.1, 0.15) is 0 Å². The van der Waals surface area contributed by atoms with Gasteiger partial charge >= 0.3 is 0 Å². The van der Waals surface area contributed by atoms with Crippen LogP contribution in [0.3, 0.4) is 0 Å². The van der Waals surface area contributed by atoms with Crippen LogP contribution in [0.5, 0.6) is 0 Å². The Balaban J connectivity index is 2.70. The maximum atomic E-state index is 2.64. The molecular weight excluding hydrogens is 324 g/mol. The molecule has 0 spiro atoms. The molecule has 0 heterocycles. The molecule has 0 amide bonds. The molecule has 27 heavy (non-hydrogen) atoms.